The summed E-state index contributed by atoms with van der Waals surface area (Å²) in [4.78, 5) is 26.8. The van der Waals surface area contributed by atoms with Crippen LogP contribution in [-0.4, -0.2) is 197 Å². The van der Waals surface area contributed by atoms with E-state index in [9.17, 15) is 81.1 Å². The summed E-state index contributed by atoms with van der Waals surface area (Å²) in [7, 11) is 1.32. The summed E-state index contributed by atoms with van der Waals surface area (Å²) < 4.78 is 51.0. The van der Waals surface area contributed by atoms with Gasteiger partial charge >= 0.3 is 5.97 Å². The van der Waals surface area contributed by atoms with E-state index in [2.05, 4.69) is 0 Å². The molecule has 0 amide bonds. The number of phenols is 5. The average molecular weight is 965 g/mol. The van der Waals surface area contributed by atoms with Crippen molar-refractivity contribution in [2.45, 2.75) is 92.1 Å². The lowest BCUT2D eigenvalue weighted by Gasteiger charge is -2.48. The van der Waals surface area contributed by atoms with Gasteiger partial charge in [-0.25, -0.2) is 4.79 Å². The summed E-state index contributed by atoms with van der Waals surface area (Å²) in [5, 5.41) is 148. The molecule has 7 rings (SSSR count). The van der Waals surface area contributed by atoms with Crippen molar-refractivity contribution in [3.63, 3.8) is 0 Å². The van der Waals surface area contributed by atoms with Crippen molar-refractivity contribution in [1.82, 2.24) is 0 Å². The summed E-state index contributed by atoms with van der Waals surface area (Å²) >= 11 is 0. The molecule has 0 spiro atoms. The SMILES string of the molecule is COc1cc(/C=C/C(=O)OC[C@H]2O[C@@H](O[C@H]3[C@H](O[C@H]4[C@H](Oc5c(-c6ccc(O)c(O)c6)oc6cc(O)cc(O)c6c5=O)O[C@H](CO)[C@@H](O)[C@@H]4O)O[C@H](CO)[C@H](O)[C@@H]3O)[C@H](O)[C@@H](O)[C@@H]2O)ccc1O. The van der Waals surface area contributed by atoms with Crippen LogP contribution in [0.3, 0.4) is 0 Å². The van der Waals surface area contributed by atoms with Crippen LogP contribution in [0.4, 0.5) is 0 Å². The fraction of sp³-hybridized carbons (Fsp3) is 0.442. The van der Waals surface area contributed by atoms with Crippen molar-refractivity contribution in [3.05, 3.63) is 70.4 Å². The zero-order chi connectivity index (χ0) is 49.3. The van der Waals surface area contributed by atoms with Crippen LogP contribution < -0.4 is 14.9 Å². The van der Waals surface area contributed by atoms with E-state index in [1.54, 1.807) is 0 Å². The molecule has 3 saturated heterocycles. The minimum Gasteiger partial charge on any atom is -0.508 e. The maximum Gasteiger partial charge on any atom is 0.330 e. The Hall–Kier alpha value is -5.88. The molecule has 0 saturated carbocycles. The summed E-state index contributed by atoms with van der Waals surface area (Å²) in [6.45, 7) is -2.74. The van der Waals surface area contributed by atoms with Gasteiger partial charge in [0.25, 0.3) is 0 Å². The topological polar surface area (TPSA) is 404 Å². The highest BCUT2D eigenvalue weighted by atomic mass is 16.8. The van der Waals surface area contributed by atoms with Gasteiger partial charge in [0.1, 0.15) is 96.2 Å². The van der Waals surface area contributed by atoms with Crippen LogP contribution >= 0.6 is 0 Å². The number of benzene rings is 3. The lowest BCUT2D eigenvalue weighted by molar-refractivity contribution is -0.389. The predicted molar refractivity (Wildman–Crippen MR) is 222 cm³/mol. The van der Waals surface area contributed by atoms with Gasteiger partial charge in [-0.2, -0.15) is 0 Å². The number of carbonyl (C=O) groups is 1. The van der Waals surface area contributed by atoms with E-state index in [0.717, 1.165) is 30.3 Å². The largest absolute Gasteiger partial charge is 0.508 e. The van der Waals surface area contributed by atoms with E-state index in [4.69, 9.17) is 42.3 Å². The summed E-state index contributed by atoms with van der Waals surface area (Å²) in [5.74, 6) is -5.04. The van der Waals surface area contributed by atoms with Crippen molar-refractivity contribution in [2.75, 3.05) is 26.9 Å². The number of hydrogen-bond acceptors (Lipinski definition) is 25. The number of aromatic hydroxyl groups is 5. The van der Waals surface area contributed by atoms with Crippen LogP contribution in [-0.2, 0) is 33.2 Å². The van der Waals surface area contributed by atoms with Crippen LogP contribution in [0.5, 0.6) is 40.2 Å². The molecule has 25 heteroatoms. The highest BCUT2D eigenvalue weighted by Crippen LogP contribution is 2.41. The second-order valence-corrected chi connectivity index (χ2v) is 15.8. The van der Waals surface area contributed by atoms with Crippen LogP contribution in [0.1, 0.15) is 5.56 Å². The third-order valence-electron chi connectivity index (χ3n) is 11.3. The highest BCUT2D eigenvalue weighted by molar-refractivity contribution is 5.88. The molecule has 3 aliphatic heterocycles. The van der Waals surface area contributed by atoms with Crippen molar-refractivity contribution in [3.8, 4) is 51.6 Å². The van der Waals surface area contributed by atoms with Gasteiger partial charge in [0.15, 0.2) is 47.4 Å². The molecule has 3 fully saturated rings. The Balaban J connectivity index is 1.18. The second-order valence-electron chi connectivity index (χ2n) is 15.8. The number of phenolic OH excluding ortho intramolecular Hbond substituents is 5. The molecule has 68 heavy (non-hydrogen) atoms. The molecule has 370 valence electrons. The van der Waals surface area contributed by atoms with Gasteiger partial charge in [-0.1, -0.05) is 6.07 Å². The van der Waals surface area contributed by atoms with Gasteiger partial charge in [0, 0.05) is 23.8 Å². The first-order valence-electron chi connectivity index (χ1n) is 20.5. The molecule has 15 atom stereocenters. The Morgan fingerprint density at radius 2 is 1.25 bits per heavy atom. The number of carbonyl (C=O) groups excluding carboxylic acids is 1. The van der Waals surface area contributed by atoms with Crippen molar-refractivity contribution < 1.29 is 119 Å². The molecule has 0 radical (unpaired) electrons. The first kappa shape index (κ1) is 50.0. The molecule has 0 unspecified atom stereocenters. The summed E-state index contributed by atoms with van der Waals surface area (Å²) in [6.07, 6.45) is -27.7. The number of rotatable bonds is 14. The van der Waals surface area contributed by atoms with Gasteiger partial charge in [-0.05, 0) is 42.0 Å². The first-order chi connectivity index (χ1) is 32.3. The lowest BCUT2D eigenvalue weighted by Crippen LogP contribution is -2.67. The molecule has 0 aliphatic carbocycles. The Bertz CT molecular complexity index is 2510. The molecular weight excluding hydrogens is 916 g/mol. The van der Waals surface area contributed by atoms with Gasteiger partial charge < -0.3 is 114 Å². The van der Waals surface area contributed by atoms with Crippen LogP contribution in [0, 0.1) is 0 Å². The maximum absolute atomic E-state index is 14.2. The van der Waals surface area contributed by atoms with Gasteiger partial charge in [-0.3, -0.25) is 4.79 Å². The standard InChI is InChI=1S/C43H48O25/c1-60-22-8-15(2-5-19(22)48)3-7-27(51)61-14-26-31(54)33(56)36(59)41(65-26)67-39-34(57)29(52)25(13-45)64-43(39)68-40-35(58)30(53)24(12-44)63-42(40)66-38-32(55)28-21(50)10-17(46)11-23(28)62-37(38)16-4-6-18(47)20(49)9-16/h2-11,24-26,29-31,33-36,39-50,52-54,56-59H,12-14H2,1H3/b7-3+/t24-,25-,26-,29+,30-,31-,33+,34+,35+,36-,39-,40-,41+,42+,43+/m1/s1. The number of esters is 1. The number of methoxy groups -OCH3 is 1. The number of aliphatic hydroxyl groups is 9. The number of ether oxygens (including phenoxy) is 8. The van der Waals surface area contributed by atoms with Gasteiger partial charge in [-0.15, -0.1) is 0 Å². The van der Waals surface area contributed by atoms with Crippen molar-refractivity contribution >= 4 is 23.0 Å². The summed E-state index contributed by atoms with van der Waals surface area (Å²) in [5.41, 5.74) is -1.31. The van der Waals surface area contributed by atoms with E-state index >= 15 is 0 Å². The molecule has 4 heterocycles. The monoisotopic (exact) mass is 964 g/mol. The Kier molecular flexibility index (Phi) is 15.3. The first-order valence-corrected chi connectivity index (χ1v) is 20.5. The third-order valence-corrected chi connectivity index (χ3v) is 11.3. The van der Waals surface area contributed by atoms with Crippen LogP contribution in [0.25, 0.3) is 28.4 Å². The predicted octanol–water partition coefficient (Wildman–Crippen LogP) is -2.91. The zero-order valence-electron chi connectivity index (χ0n) is 35.3. The molecule has 4 aromatic rings. The average Bonchev–Trinajstić information content (AvgIpc) is 3.31. The van der Waals surface area contributed by atoms with Gasteiger partial charge in [0.05, 0.1) is 20.3 Å². The van der Waals surface area contributed by atoms with E-state index in [0.29, 0.717) is 5.56 Å². The minimum atomic E-state index is -2.18. The van der Waals surface area contributed by atoms with Crippen LogP contribution in [0.15, 0.2) is 63.8 Å². The van der Waals surface area contributed by atoms with Crippen molar-refractivity contribution in [1.29, 1.82) is 0 Å². The second kappa shape index (κ2) is 20.8. The maximum atomic E-state index is 14.2. The van der Waals surface area contributed by atoms with E-state index in [1.165, 1.54) is 37.5 Å². The fourth-order valence-electron chi connectivity index (χ4n) is 7.60. The molecule has 3 aliphatic rings. The molecule has 3 aromatic carbocycles. The van der Waals surface area contributed by atoms with E-state index < -0.39 is 169 Å². The Labute approximate surface area is 382 Å². The van der Waals surface area contributed by atoms with E-state index in [1.807, 2.05) is 0 Å². The minimum absolute atomic E-state index is 0.117. The zero-order valence-corrected chi connectivity index (χ0v) is 35.3. The molecule has 1 aromatic heterocycles. The molecule has 14 N–H and O–H groups in total. The van der Waals surface area contributed by atoms with E-state index in [-0.39, 0.29) is 17.1 Å². The lowest BCUT2D eigenvalue weighted by atomic mass is 9.96. The molecule has 25 nitrogen and oxygen atoms in total. The molecular formula is C43H48O25. The Morgan fingerprint density at radius 1 is 0.647 bits per heavy atom. The number of aliphatic hydroxyl groups excluding tert-OH is 9. The number of fused-ring (bicyclic) bond motifs is 1. The summed E-state index contributed by atoms with van der Waals surface area (Å²) in [6, 6.07) is 9.09. The fourth-order valence-corrected chi connectivity index (χ4v) is 7.60. The number of hydrogen-bond donors (Lipinski definition) is 14. The smallest absolute Gasteiger partial charge is 0.330 e. The quantitative estimate of drug-likeness (QED) is 0.0342. The highest BCUT2D eigenvalue weighted by Gasteiger charge is 2.55. The van der Waals surface area contributed by atoms with Crippen LogP contribution in [0.2, 0.25) is 0 Å². The van der Waals surface area contributed by atoms with Crippen molar-refractivity contribution in [2.24, 2.45) is 0 Å². The van der Waals surface area contributed by atoms with Gasteiger partial charge in [0.2, 0.25) is 17.5 Å². The third kappa shape index (κ3) is 10.1. The molecule has 0 bridgehead atoms. The Morgan fingerprint density at radius 3 is 1.90 bits per heavy atom. The normalized spacial score (nSPS) is 32.0.